The number of benzene rings is 2. The molecule has 0 bridgehead atoms. The molecule has 7 nitrogen and oxygen atoms in total. The highest BCUT2D eigenvalue weighted by molar-refractivity contribution is 6.35. The number of amides is 2. The van der Waals surface area contributed by atoms with E-state index in [0.29, 0.717) is 17.9 Å². The molecule has 1 unspecified atom stereocenters. The second-order valence-corrected chi connectivity index (χ2v) is 6.47. The van der Waals surface area contributed by atoms with Crippen molar-refractivity contribution in [3.8, 4) is 11.5 Å². The van der Waals surface area contributed by atoms with Crippen LogP contribution < -0.4 is 20.1 Å². The van der Waals surface area contributed by atoms with E-state index in [1.807, 2.05) is 43.3 Å². The van der Waals surface area contributed by atoms with E-state index in [1.165, 1.54) is 0 Å². The Morgan fingerprint density at radius 3 is 2.46 bits per heavy atom. The highest BCUT2D eigenvalue weighted by atomic mass is 16.7. The lowest BCUT2D eigenvalue weighted by Gasteiger charge is -2.32. The van der Waals surface area contributed by atoms with E-state index in [4.69, 9.17) is 14.2 Å². The molecule has 28 heavy (non-hydrogen) atoms. The van der Waals surface area contributed by atoms with Crippen LogP contribution >= 0.6 is 0 Å². The Labute approximate surface area is 164 Å². The number of carbonyl (C=O) groups excluding carboxylic acids is 2. The van der Waals surface area contributed by atoms with Crippen molar-refractivity contribution in [2.75, 3.05) is 20.4 Å². The molecule has 3 rings (SSSR count). The van der Waals surface area contributed by atoms with Crippen molar-refractivity contribution in [1.29, 1.82) is 0 Å². The van der Waals surface area contributed by atoms with Gasteiger partial charge in [-0.15, -0.1) is 0 Å². The van der Waals surface area contributed by atoms with Gasteiger partial charge in [0.05, 0.1) is 6.54 Å². The molecule has 1 aliphatic heterocycles. The van der Waals surface area contributed by atoms with Crippen molar-refractivity contribution >= 4 is 11.8 Å². The average Bonchev–Trinajstić information content (AvgIpc) is 3.21. The highest BCUT2D eigenvalue weighted by Gasteiger charge is 2.31. The van der Waals surface area contributed by atoms with Gasteiger partial charge in [-0.25, -0.2) is 0 Å². The van der Waals surface area contributed by atoms with Crippen molar-refractivity contribution in [2.24, 2.45) is 0 Å². The molecule has 1 atom stereocenters. The maximum Gasteiger partial charge on any atom is 0.309 e. The quantitative estimate of drug-likeness (QED) is 0.714. The summed E-state index contributed by atoms with van der Waals surface area (Å²) in [4.78, 5) is 24.4. The average molecular weight is 384 g/mol. The van der Waals surface area contributed by atoms with Crippen LogP contribution in [0.1, 0.15) is 24.5 Å². The second kappa shape index (κ2) is 8.75. The van der Waals surface area contributed by atoms with E-state index in [1.54, 1.807) is 19.2 Å². The molecule has 0 radical (unpaired) electrons. The van der Waals surface area contributed by atoms with Crippen LogP contribution in [0.15, 0.2) is 48.5 Å². The van der Waals surface area contributed by atoms with E-state index in [-0.39, 0.29) is 19.9 Å². The first-order valence-corrected chi connectivity index (χ1v) is 9.13. The monoisotopic (exact) mass is 384 g/mol. The van der Waals surface area contributed by atoms with Crippen LogP contribution in [0.25, 0.3) is 0 Å². The first-order chi connectivity index (χ1) is 13.6. The summed E-state index contributed by atoms with van der Waals surface area (Å²) in [6, 6.07) is 15.0. The molecule has 1 aliphatic rings. The summed E-state index contributed by atoms with van der Waals surface area (Å²) in [7, 11) is 1.60. The van der Waals surface area contributed by atoms with Crippen LogP contribution in [0.5, 0.6) is 11.5 Å². The SMILES string of the molecule is CCC(CNC(=O)C(=O)NCc1ccc2c(c1)OCO2)(OC)c1ccccc1. The molecular formula is C21H24N2O5. The van der Waals surface area contributed by atoms with Gasteiger partial charge in [-0.2, -0.15) is 0 Å². The number of fused-ring (bicyclic) bond motifs is 1. The van der Waals surface area contributed by atoms with Gasteiger partial charge < -0.3 is 24.8 Å². The molecule has 0 saturated heterocycles. The molecule has 0 spiro atoms. The van der Waals surface area contributed by atoms with Crippen LogP contribution in [0, 0.1) is 0 Å². The van der Waals surface area contributed by atoms with Gasteiger partial charge in [-0.1, -0.05) is 43.3 Å². The number of rotatable bonds is 7. The lowest BCUT2D eigenvalue weighted by atomic mass is 9.90. The van der Waals surface area contributed by atoms with Crippen LogP contribution in [0.4, 0.5) is 0 Å². The number of ether oxygens (including phenoxy) is 3. The fourth-order valence-electron chi connectivity index (χ4n) is 3.12. The third kappa shape index (κ3) is 4.26. The lowest BCUT2D eigenvalue weighted by molar-refractivity contribution is -0.140. The summed E-state index contributed by atoms with van der Waals surface area (Å²) in [5, 5.41) is 5.29. The number of hydrogen-bond acceptors (Lipinski definition) is 5. The number of methoxy groups -OCH3 is 1. The fourth-order valence-corrected chi connectivity index (χ4v) is 3.12. The molecule has 1 heterocycles. The zero-order chi connectivity index (χ0) is 20.0. The molecule has 2 aromatic rings. The van der Waals surface area contributed by atoms with Gasteiger partial charge >= 0.3 is 11.8 Å². The molecule has 2 N–H and O–H groups in total. The third-order valence-electron chi connectivity index (χ3n) is 4.89. The summed E-state index contributed by atoms with van der Waals surface area (Å²) in [5.74, 6) is -0.102. The predicted octanol–water partition coefficient (Wildman–Crippen LogP) is 2.10. The van der Waals surface area contributed by atoms with Gasteiger partial charge in [-0.05, 0) is 29.7 Å². The maximum atomic E-state index is 12.2. The lowest BCUT2D eigenvalue weighted by Crippen LogP contribution is -2.46. The normalized spacial score (nSPS) is 14.2. The molecule has 2 amide bonds. The molecule has 0 saturated carbocycles. The minimum atomic E-state index is -0.702. The Morgan fingerprint density at radius 1 is 1.04 bits per heavy atom. The Hall–Kier alpha value is -3.06. The first-order valence-electron chi connectivity index (χ1n) is 9.13. The minimum absolute atomic E-state index is 0.188. The molecule has 0 fully saturated rings. The van der Waals surface area contributed by atoms with Crippen LogP contribution in [0.3, 0.4) is 0 Å². The van der Waals surface area contributed by atoms with Gasteiger partial charge in [0.2, 0.25) is 6.79 Å². The molecule has 148 valence electrons. The topological polar surface area (TPSA) is 85.9 Å². The van der Waals surface area contributed by atoms with E-state index in [9.17, 15) is 9.59 Å². The zero-order valence-electron chi connectivity index (χ0n) is 16.0. The third-order valence-corrected chi connectivity index (χ3v) is 4.89. The first kappa shape index (κ1) is 19.7. The summed E-state index contributed by atoms with van der Waals surface area (Å²) >= 11 is 0. The van der Waals surface area contributed by atoms with Crippen molar-refractivity contribution < 1.29 is 23.8 Å². The molecule has 0 aliphatic carbocycles. The Balaban J connectivity index is 1.55. The van der Waals surface area contributed by atoms with Crippen LogP contribution in [-0.2, 0) is 26.5 Å². The van der Waals surface area contributed by atoms with Crippen molar-refractivity contribution in [1.82, 2.24) is 10.6 Å². The summed E-state index contributed by atoms with van der Waals surface area (Å²) in [6.45, 7) is 2.57. The summed E-state index contributed by atoms with van der Waals surface area (Å²) < 4.78 is 16.3. The van der Waals surface area contributed by atoms with Gasteiger partial charge in [-0.3, -0.25) is 9.59 Å². The number of nitrogens with one attached hydrogen (secondary N) is 2. The van der Waals surface area contributed by atoms with E-state index >= 15 is 0 Å². The zero-order valence-corrected chi connectivity index (χ0v) is 16.0. The van der Waals surface area contributed by atoms with E-state index in [2.05, 4.69) is 10.6 Å². The maximum absolute atomic E-state index is 12.2. The van der Waals surface area contributed by atoms with Crippen LogP contribution in [0.2, 0.25) is 0 Å². The number of hydrogen-bond donors (Lipinski definition) is 2. The van der Waals surface area contributed by atoms with Crippen molar-refractivity contribution in [3.63, 3.8) is 0 Å². The largest absolute Gasteiger partial charge is 0.454 e. The highest BCUT2D eigenvalue weighted by Crippen LogP contribution is 2.32. The summed E-state index contributed by atoms with van der Waals surface area (Å²) in [6.07, 6.45) is 0.645. The van der Waals surface area contributed by atoms with Gasteiger partial charge in [0.1, 0.15) is 5.60 Å². The second-order valence-electron chi connectivity index (χ2n) is 6.47. The van der Waals surface area contributed by atoms with E-state index < -0.39 is 17.4 Å². The fraction of sp³-hybridized carbons (Fsp3) is 0.333. The predicted molar refractivity (Wildman–Crippen MR) is 103 cm³/mol. The Kier molecular flexibility index (Phi) is 6.16. The van der Waals surface area contributed by atoms with Crippen molar-refractivity contribution in [2.45, 2.75) is 25.5 Å². The number of carbonyl (C=O) groups is 2. The van der Waals surface area contributed by atoms with Crippen molar-refractivity contribution in [3.05, 3.63) is 59.7 Å². The van der Waals surface area contributed by atoms with E-state index in [0.717, 1.165) is 11.1 Å². The Bertz CT molecular complexity index is 834. The van der Waals surface area contributed by atoms with Gasteiger partial charge in [0, 0.05) is 13.7 Å². The summed E-state index contributed by atoms with van der Waals surface area (Å²) in [5.41, 5.74) is 1.07. The smallest absolute Gasteiger partial charge is 0.309 e. The molecule has 2 aromatic carbocycles. The molecular weight excluding hydrogens is 360 g/mol. The molecule has 7 heteroatoms. The molecule has 0 aromatic heterocycles. The van der Waals surface area contributed by atoms with Gasteiger partial charge in [0.15, 0.2) is 11.5 Å². The minimum Gasteiger partial charge on any atom is -0.454 e. The standard InChI is InChI=1S/C21H24N2O5/c1-3-21(26-2,16-7-5-4-6-8-16)13-23-20(25)19(24)22-12-15-9-10-17-18(11-15)28-14-27-17/h4-11H,3,12-14H2,1-2H3,(H,22,24)(H,23,25). The van der Waals surface area contributed by atoms with Crippen LogP contribution in [-0.4, -0.2) is 32.3 Å². The Morgan fingerprint density at radius 2 is 1.75 bits per heavy atom. The van der Waals surface area contributed by atoms with Gasteiger partial charge in [0.25, 0.3) is 0 Å².